The van der Waals surface area contributed by atoms with Crippen LogP contribution in [0, 0.1) is 0 Å². The van der Waals surface area contributed by atoms with Gasteiger partial charge in [0.25, 0.3) is 5.91 Å². The van der Waals surface area contributed by atoms with Crippen LogP contribution < -0.4 is 16.4 Å². The van der Waals surface area contributed by atoms with Crippen molar-refractivity contribution in [2.45, 2.75) is 39.2 Å². The Morgan fingerprint density at radius 1 is 1.05 bits per heavy atom. The lowest BCUT2D eigenvalue weighted by atomic mass is 10.1. The Bertz CT molecular complexity index is 443. The minimum atomic E-state index is -0.101. The standard InChI is InChI=1S/C16H25N3O2/c1-2-3-5-15(20)18-10-4-11-19-16(21)14-8-6-13(12-17)7-9-14/h6-9H,2-5,10-12,17H2,1H3,(H,18,20)(H,19,21). The van der Waals surface area contributed by atoms with E-state index in [1.165, 1.54) is 0 Å². The molecule has 0 heterocycles. The van der Waals surface area contributed by atoms with Gasteiger partial charge in [-0.1, -0.05) is 25.5 Å². The first-order valence-corrected chi connectivity index (χ1v) is 7.51. The van der Waals surface area contributed by atoms with Crippen molar-refractivity contribution in [2.24, 2.45) is 5.73 Å². The Kier molecular flexibility index (Phi) is 8.12. The van der Waals surface area contributed by atoms with Crippen molar-refractivity contribution in [3.05, 3.63) is 35.4 Å². The van der Waals surface area contributed by atoms with E-state index < -0.39 is 0 Å². The van der Waals surface area contributed by atoms with E-state index in [1.54, 1.807) is 12.1 Å². The summed E-state index contributed by atoms with van der Waals surface area (Å²) in [5.41, 5.74) is 7.13. The fourth-order valence-corrected chi connectivity index (χ4v) is 1.84. The molecule has 0 radical (unpaired) electrons. The number of rotatable bonds is 9. The van der Waals surface area contributed by atoms with Gasteiger partial charge in [-0.3, -0.25) is 9.59 Å². The van der Waals surface area contributed by atoms with E-state index >= 15 is 0 Å². The molecule has 1 aromatic carbocycles. The highest BCUT2D eigenvalue weighted by Crippen LogP contribution is 2.03. The summed E-state index contributed by atoms with van der Waals surface area (Å²) in [5.74, 6) is -0.0172. The van der Waals surface area contributed by atoms with Crippen LogP contribution in [-0.2, 0) is 11.3 Å². The molecule has 0 fully saturated rings. The van der Waals surface area contributed by atoms with Crippen LogP contribution in [0.3, 0.4) is 0 Å². The summed E-state index contributed by atoms with van der Waals surface area (Å²) in [5, 5.41) is 5.67. The largest absolute Gasteiger partial charge is 0.356 e. The van der Waals surface area contributed by atoms with E-state index in [2.05, 4.69) is 17.6 Å². The molecule has 116 valence electrons. The van der Waals surface area contributed by atoms with Crippen LogP contribution in [-0.4, -0.2) is 24.9 Å². The molecule has 0 unspecified atom stereocenters. The Labute approximate surface area is 126 Å². The third kappa shape index (κ3) is 6.90. The quantitative estimate of drug-likeness (QED) is 0.604. The third-order valence-electron chi connectivity index (χ3n) is 3.17. The van der Waals surface area contributed by atoms with Crippen molar-refractivity contribution >= 4 is 11.8 Å². The number of hydrogen-bond acceptors (Lipinski definition) is 3. The molecule has 0 spiro atoms. The van der Waals surface area contributed by atoms with E-state index in [0.29, 0.717) is 31.6 Å². The van der Waals surface area contributed by atoms with Gasteiger partial charge in [0.1, 0.15) is 0 Å². The molecule has 0 aliphatic carbocycles. The Hall–Kier alpha value is -1.88. The molecule has 5 heteroatoms. The molecular formula is C16H25N3O2. The summed E-state index contributed by atoms with van der Waals surface area (Å²) in [6.07, 6.45) is 3.24. The molecule has 0 aliphatic rings. The minimum absolute atomic E-state index is 0.0838. The van der Waals surface area contributed by atoms with Gasteiger partial charge in [-0.15, -0.1) is 0 Å². The fourth-order valence-electron chi connectivity index (χ4n) is 1.84. The maximum absolute atomic E-state index is 11.9. The number of amides is 2. The van der Waals surface area contributed by atoms with Crippen LogP contribution in [0.25, 0.3) is 0 Å². The van der Waals surface area contributed by atoms with Crippen LogP contribution in [0.5, 0.6) is 0 Å². The van der Waals surface area contributed by atoms with Crippen LogP contribution in [0.4, 0.5) is 0 Å². The molecular weight excluding hydrogens is 266 g/mol. The first-order valence-electron chi connectivity index (χ1n) is 7.51. The number of carbonyl (C=O) groups is 2. The number of benzene rings is 1. The smallest absolute Gasteiger partial charge is 0.251 e. The molecule has 0 bridgehead atoms. The monoisotopic (exact) mass is 291 g/mol. The number of carbonyl (C=O) groups excluding carboxylic acids is 2. The highest BCUT2D eigenvalue weighted by molar-refractivity contribution is 5.94. The molecule has 0 aliphatic heterocycles. The van der Waals surface area contributed by atoms with Gasteiger partial charge < -0.3 is 16.4 Å². The Morgan fingerprint density at radius 3 is 2.33 bits per heavy atom. The second-order valence-electron chi connectivity index (χ2n) is 4.96. The minimum Gasteiger partial charge on any atom is -0.356 e. The second kappa shape index (κ2) is 9.94. The topological polar surface area (TPSA) is 84.2 Å². The molecule has 1 rings (SSSR count). The first-order chi connectivity index (χ1) is 10.2. The highest BCUT2D eigenvalue weighted by Gasteiger charge is 2.04. The Morgan fingerprint density at radius 2 is 1.71 bits per heavy atom. The molecule has 4 N–H and O–H groups in total. The molecule has 5 nitrogen and oxygen atoms in total. The maximum atomic E-state index is 11.9. The van der Waals surface area contributed by atoms with Crippen molar-refractivity contribution in [1.82, 2.24) is 10.6 Å². The maximum Gasteiger partial charge on any atom is 0.251 e. The number of nitrogens with two attached hydrogens (primary N) is 1. The SMILES string of the molecule is CCCCC(=O)NCCCNC(=O)c1ccc(CN)cc1. The average Bonchev–Trinajstić information content (AvgIpc) is 2.52. The summed E-state index contributed by atoms with van der Waals surface area (Å²) in [4.78, 5) is 23.2. The summed E-state index contributed by atoms with van der Waals surface area (Å²) in [7, 11) is 0. The summed E-state index contributed by atoms with van der Waals surface area (Å²) >= 11 is 0. The third-order valence-corrected chi connectivity index (χ3v) is 3.17. The van der Waals surface area contributed by atoms with Gasteiger partial charge in [-0.25, -0.2) is 0 Å². The molecule has 0 saturated carbocycles. The van der Waals surface area contributed by atoms with E-state index in [1.807, 2.05) is 12.1 Å². The van der Waals surface area contributed by atoms with Crippen molar-refractivity contribution in [3.63, 3.8) is 0 Å². The number of hydrogen-bond donors (Lipinski definition) is 3. The van der Waals surface area contributed by atoms with Gasteiger partial charge >= 0.3 is 0 Å². The van der Waals surface area contributed by atoms with Gasteiger partial charge in [0.05, 0.1) is 0 Å². The molecule has 21 heavy (non-hydrogen) atoms. The van der Waals surface area contributed by atoms with Gasteiger partial charge in [-0.05, 0) is 30.5 Å². The van der Waals surface area contributed by atoms with E-state index in [0.717, 1.165) is 24.8 Å². The second-order valence-corrected chi connectivity index (χ2v) is 4.96. The van der Waals surface area contributed by atoms with E-state index in [4.69, 9.17) is 5.73 Å². The lowest BCUT2D eigenvalue weighted by Crippen LogP contribution is -2.29. The lowest BCUT2D eigenvalue weighted by molar-refractivity contribution is -0.121. The molecule has 2 amide bonds. The van der Waals surface area contributed by atoms with Crippen molar-refractivity contribution < 1.29 is 9.59 Å². The summed E-state index contributed by atoms with van der Waals surface area (Å²) < 4.78 is 0. The predicted octanol–water partition coefficient (Wildman–Crippen LogP) is 1.57. The van der Waals surface area contributed by atoms with Crippen molar-refractivity contribution in [1.29, 1.82) is 0 Å². The van der Waals surface area contributed by atoms with Gasteiger partial charge in [0.2, 0.25) is 5.91 Å². The van der Waals surface area contributed by atoms with Crippen molar-refractivity contribution in [2.75, 3.05) is 13.1 Å². The van der Waals surface area contributed by atoms with Crippen molar-refractivity contribution in [3.8, 4) is 0 Å². The summed E-state index contributed by atoms with van der Waals surface area (Å²) in [6, 6.07) is 7.24. The Balaban J connectivity index is 2.17. The lowest BCUT2D eigenvalue weighted by Gasteiger charge is -2.07. The zero-order valence-electron chi connectivity index (χ0n) is 12.7. The normalized spacial score (nSPS) is 10.2. The van der Waals surface area contributed by atoms with E-state index in [9.17, 15) is 9.59 Å². The van der Waals surface area contributed by atoms with Crippen LogP contribution in [0.2, 0.25) is 0 Å². The molecule has 0 saturated heterocycles. The predicted molar refractivity (Wildman–Crippen MR) is 83.8 cm³/mol. The summed E-state index contributed by atoms with van der Waals surface area (Å²) in [6.45, 7) is 3.67. The number of nitrogens with one attached hydrogen (secondary N) is 2. The van der Waals surface area contributed by atoms with Gasteiger partial charge in [0.15, 0.2) is 0 Å². The van der Waals surface area contributed by atoms with Gasteiger partial charge in [0, 0.05) is 31.6 Å². The molecule has 1 aromatic rings. The van der Waals surface area contributed by atoms with Gasteiger partial charge in [-0.2, -0.15) is 0 Å². The average molecular weight is 291 g/mol. The van der Waals surface area contributed by atoms with Crippen LogP contribution in [0.1, 0.15) is 48.5 Å². The number of unbranched alkanes of at least 4 members (excludes halogenated alkanes) is 1. The van der Waals surface area contributed by atoms with Crippen LogP contribution in [0.15, 0.2) is 24.3 Å². The molecule has 0 aromatic heterocycles. The fraction of sp³-hybridized carbons (Fsp3) is 0.500. The zero-order valence-corrected chi connectivity index (χ0v) is 12.7. The zero-order chi connectivity index (χ0) is 15.5. The van der Waals surface area contributed by atoms with Crippen LogP contribution >= 0.6 is 0 Å². The molecule has 0 atom stereocenters. The first kappa shape index (κ1) is 17.2. The highest BCUT2D eigenvalue weighted by atomic mass is 16.2. The van der Waals surface area contributed by atoms with E-state index in [-0.39, 0.29) is 11.8 Å².